The highest BCUT2D eigenvalue weighted by Crippen LogP contribution is 2.31. The number of benzene rings is 2. The minimum Gasteiger partial charge on any atom is -0.394 e. The second-order valence-electron chi connectivity index (χ2n) is 6.66. The van der Waals surface area contributed by atoms with Crippen LogP contribution in [0.15, 0.2) is 59.1 Å². The number of aromatic nitrogens is 2. The number of carbonyl (C=O) groups is 1. The van der Waals surface area contributed by atoms with Gasteiger partial charge in [-0.15, -0.1) is 0 Å². The molecule has 0 bridgehead atoms. The number of rotatable bonds is 4. The molecule has 7 nitrogen and oxygen atoms in total. The Labute approximate surface area is 162 Å². The highest BCUT2D eigenvalue weighted by Gasteiger charge is 2.36. The molecule has 1 saturated heterocycles. The number of amides is 1. The van der Waals surface area contributed by atoms with Crippen molar-refractivity contribution in [3.8, 4) is 11.4 Å². The van der Waals surface area contributed by atoms with E-state index in [9.17, 15) is 9.90 Å². The molecule has 1 amide bonds. The first-order valence-corrected chi connectivity index (χ1v) is 9.16. The Hall–Kier alpha value is -3.03. The Kier molecular flexibility index (Phi) is 5.18. The van der Waals surface area contributed by atoms with Crippen LogP contribution in [0.5, 0.6) is 0 Å². The van der Waals surface area contributed by atoms with Crippen LogP contribution in [0.25, 0.3) is 11.4 Å². The number of ether oxygens (including phenoxy) is 1. The molecule has 1 fully saturated rings. The topological polar surface area (TPSA) is 88.7 Å². The highest BCUT2D eigenvalue weighted by molar-refractivity contribution is 5.95. The summed E-state index contributed by atoms with van der Waals surface area (Å²) in [6.45, 7) is 2.38. The van der Waals surface area contributed by atoms with Crippen LogP contribution in [0.2, 0.25) is 0 Å². The van der Waals surface area contributed by atoms with Crippen molar-refractivity contribution in [2.24, 2.45) is 0 Å². The molecule has 144 valence electrons. The molecule has 0 spiro atoms. The van der Waals surface area contributed by atoms with Gasteiger partial charge in [0.05, 0.1) is 19.3 Å². The van der Waals surface area contributed by atoms with Gasteiger partial charge in [0.1, 0.15) is 6.10 Å². The van der Waals surface area contributed by atoms with Gasteiger partial charge in [0.15, 0.2) is 0 Å². The quantitative estimate of drug-likeness (QED) is 0.750. The van der Waals surface area contributed by atoms with Gasteiger partial charge in [-0.3, -0.25) is 4.79 Å². The Morgan fingerprint density at radius 2 is 2.04 bits per heavy atom. The fraction of sp³-hybridized carbons (Fsp3) is 0.286. The van der Waals surface area contributed by atoms with Gasteiger partial charge >= 0.3 is 0 Å². The smallest absolute Gasteiger partial charge is 0.254 e. The normalized spacial score (nSPS) is 19.6. The van der Waals surface area contributed by atoms with E-state index in [1.54, 1.807) is 30.0 Å². The number of nitrogens with zero attached hydrogens (tertiary/aromatic N) is 3. The molecule has 4 rings (SSSR count). The van der Waals surface area contributed by atoms with Crippen molar-refractivity contribution < 1.29 is 19.2 Å². The third-order valence-electron chi connectivity index (χ3n) is 4.83. The van der Waals surface area contributed by atoms with Gasteiger partial charge in [-0.1, -0.05) is 47.6 Å². The van der Waals surface area contributed by atoms with Crippen molar-refractivity contribution in [3.05, 3.63) is 71.6 Å². The number of aliphatic hydroxyl groups is 1. The lowest BCUT2D eigenvalue weighted by Crippen LogP contribution is -2.49. The Morgan fingerprint density at radius 1 is 1.21 bits per heavy atom. The molecule has 0 saturated carbocycles. The van der Waals surface area contributed by atoms with Gasteiger partial charge in [0.2, 0.25) is 11.7 Å². The lowest BCUT2D eigenvalue weighted by Gasteiger charge is -2.41. The zero-order valence-electron chi connectivity index (χ0n) is 15.5. The molecule has 0 radical (unpaired) electrons. The van der Waals surface area contributed by atoms with E-state index in [0.717, 1.165) is 5.56 Å². The van der Waals surface area contributed by atoms with Crippen molar-refractivity contribution in [1.29, 1.82) is 0 Å². The van der Waals surface area contributed by atoms with E-state index in [0.29, 0.717) is 36.0 Å². The van der Waals surface area contributed by atoms with E-state index in [2.05, 4.69) is 10.1 Å². The van der Waals surface area contributed by atoms with E-state index in [1.807, 2.05) is 36.4 Å². The zero-order chi connectivity index (χ0) is 19.5. The molecule has 1 aliphatic heterocycles. The molecule has 1 aromatic heterocycles. The largest absolute Gasteiger partial charge is 0.394 e. The summed E-state index contributed by atoms with van der Waals surface area (Å²) < 4.78 is 10.8. The average molecular weight is 379 g/mol. The van der Waals surface area contributed by atoms with Crippen LogP contribution in [-0.2, 0) is 4.74 Å². The van der Waals surface area contributed by atoms with Gasteiger partial charge in [-0.05, 0) is 17.7 Å². The summed E-state index contributed by atoms with van der Waals surface area (Å²) in [6.07, 6.45) is -0.469. The minimum atomic E-state index is -0.469. The van der Waals surface area contributed by atoms with Crippen molar-refractivity contribution in [2.45, 2.75) is 19.1 Å². The molecule has 28 heavy (non-hydrogen) atoms. The van der Waals surface area contributed by atoms with E-state index >= 15 is 0 Å². The zero-order valence-corrected chi connectivity index (χ0v) is 15.5. The fourth-order valence-corrected chi connectivity index (χ4v) is 3.53. The van der Waals surface area contributed by atoms with Crippen LogP contribution in [0.3, 0.4) is 0 Å². The Bertz CT molecular complexity index is 957. The number of morpholine rings is 1. The number of carbonyl (C=O) groups excluding carboxylic acids is 1. The van der Waals surface area contributed by atoms with Crippen molar-refractivity contribution >= 4 is 5.91 Å². The molecule has 1 N–H and O–H groups in total. The van der Waals surface area contributed by atoms with E-state index in [4.69, 9.17) is 9.26 Å². The maximum absolute atomic E-state index is 13.4. The molecule has 3 aromatic rings. The number of aryl methyl sites for hydroxylation is 1. The summed E-state index contributed by atoms with van der Waals surface area (Å²) in [6, 6.07) is 16.5. The Morgan fingerprint density at radius 3 is 2.75 bits per heavy atom. The van der Waals surface area contributed by atoms with Gasteiger partial charge < -0.3 is 19.3 Å². The summed E-state index contributed by atoms with van der Waals surface area (Å²) in [7, 11) is 0. The predicted octanol–water partition coefficient (Wildman–Crippen LogP) is 2.62. The van der Waals surface area contributed by atoms with Crippen molar-refractivity contribution in [3.63, 3.8) is 0 Å². The predicted molar refractivity (Wildman–Crippen MR) is 102 cm³/mol. The first-order valence-electron chi connectivity index (χ1n) is 9.16. The fourth-order valence-electron chi connectivity index (χ4n) is 3.53. The standard InChI is InChI=1S/C21H21N3O4/c1-14-22-20(23-28-14)16-8-5-9-17(12-16)21(26)24-10-11-27-18(13-25)19(24)15-6-3-2-4-7-15/h2-9,12,18-19,25H,10-11,13H2,1H3/t18-,19-/m0/s1. The minimum absolute atomic E-state index is 0.127. The van der Waals surface area contributed by atoms with Crippen molar-refractivity contribution in [1.82, 2.24) is 15.0 Å². The van der Waals surface area contributed by atoms with Crippen LogP contribution >= 0.6 is 0 Å². The summed E-state index contributed by atoms with van der Waals surface area (Å²) in [5.41, 5.74) is 2.17. The highest BCUT2D eigenvalue weighted by atomic mass is 16.5. The van der Waals surface area contributed by atoms with Crippen LogP contribution in [-0.4, -0.2) is 51.9 Å². The Balaban J connectivity index is 1.67. The molecule has 0 aliphatic carbocycles. The second-order valence-corrected chi connectivity index (χ2v) is 6.66. The summed E-state index contributed by atoms with van der Waals surface area (Å²) >= 11 is 0. The van der Waals surface area contributed by atoms with Crippen LogP contribution in [0, 0.1) is 6.92 Å². The molecule has 2 aromatic carbocycles. The molecular weight excluding hydrogens is 358 g/mol. The molecule has 0 unspecified atom stereocenters. The summed E-state index contributed by atoms with van der Waals surface area (Å²) in [5, 5.41) is 13.7. The lowest BCUT2D eigenvalue weighted by molar-refractivity contribution is -0.0811. The summed E-state index contributed by atoms with van der Waals surface area (Å²) in [4.78, 5) is 19.3. The van der Waals surface area contributed by atoms with Gasteiger partial charge in [-0.2, -0.15) is 4.98 Å². The second kappa shape index (κ2) is 7.92. The maximum atomic E-state index is 13.4. The van der Waals surface area contributed by atoms with Gasteiger partial charge in [0, 0.05) is 24.6 Å². The molecular formula is C21H21N3O4. The number of aliphatic hydroxyl groups excluding tert-OH is 1. The van der Waals surface area contributed by atoms with Gasteiger partial charge in [0.25, 0.3) is 5.91 Å². The van der Waals surface area contributed by atoms with E-state index in [1.165, 1.54) is 0 Å². The summed E-state index contributed by atoms with van der Waals surface area (Å²) in [5.74, 6) is 0.787. The number of hydrogen-bond acceptors (Lipinski definition) is 6. The third-order valence-corrected chi connectivity index (χ3v) is 4.83. The van der Waals surface area contributed by atoms with Crippen LogP contribution < -0.4 is 0 Å². The third kappa shape index (κ3) is 3.54. The molecule has 2 atom stereocenters. The molecule has 7 heteroatoms. The van der Waals surface area contributed by atoms with Crippen LogP contribution in [0.4, 0.5) is 0 Å². The van der Waals surface area contributed by atoms with Gasteiger partial charge in [-0.25, -0.2) is 0 Å². The SMILES string of the molecule is Cc1nc(-c2cccc(C(=O)N3CCO[C@@H](CO)[C@@H]3c3ccccc3)c2)no1. The first-order chi connectivity index (χ1) is 13.7. The molecule has 2 heterocycles. The number of hydrogen-bond donors (Lipinski definition) is 1. The monoisotopic (exact) mass is 379 g/mol. The average Bonchev–Trinajstić information content (AvgIpc) is 3.19. The van der Waals surface area contributed by atoms with Crippen LogP contribution in [0.1, 0.15) is 27.9 Å². The lowest BCUT2D eigenvalue weighted by atomic mass is 9.97. The maximum Gasteiger partial charge on any atom is 0.254 e. The van der Waals surface area contributed by atoms with E-state index in [-0.39, 0.29) is 18.6 Å². The molecule has 1 aliphatic rings. The van der Waals surface area contributed by atoms with E-state index < -0.39 is 6.10 Å². The van der Waals surface area contributed by atoms with Crippen molar-refractivity contribution in [2.75, 3.05) is 19.8 Å². The first kappa shape index (κ1) is 18.3.